The van der Waals surface area contributed by atoms with Gasteiger partial charge in [-0.05, 0) is 34.0 Å². The van der Waals surface area contributed by atoms with E-state index < -0.39 is 39.7 Å². The summed E-state index contributed by atoms with van der Waals surface area (Å²) >= 11 is 0. The van der Waals surface area contributed by atoms with Crippen LogP contribution < -0.4 is 36.0 Å². The number of nitrogens with one attached hydrogen (secondary N) is 2. The van der Waals surface area contributed by atoms with Crippen LogP contribution in [0.15, 0.2) is 120 Å². The molecule has 6 aromatic rings. The Labute approximate surface area is 350 Å². The molecule has 3 aromatic heterocycles. The van der Waals surface area contributed by atoms with E-state index in [-0.39, 0.29) is 58.9 Å². The predicted molar refractivity (Wildman–Crippen MR) is 233 cm³/mol. The second kappa shape index (κ2) is 17.6. The Morgan fingerprint density at radius 3 is 2.27 bits per heavy atom. The summed E-state index contributed by atoms with van der Waals surface area (Å²) in [5.74, 6) is -0.177. The average Bonchev–Trinajstić information content (AvgIpc) is 3.86. The zero-order valence-corrected chi connectivity index (χ0v) is 36.5. The van der Waals surface area contributed by atoms with Gasteiger partial charge in [0, 0.05) is 29.9 Å². The lowest BCUT2D eigenvalue weighted by molar-refractivity contribution is -0.616. The zero-order chi connectivity index (χ0) is 42.7. The Bertz CT molecular complexity index is 2490. The Hall–Kier alpha value is -5.44. The highest BCUT2D eigenvalue weighted by Crippen LogP contribution is 2.49. The first-order valence-corrected chi connectivity index (χ1v) is 23.7. The van der Waals surface area contributed by atoms with Crippen LogP contribution in [-0.2, 0) is 29.7 Å². The van der Waals surface area contributed by atoms with Crippen molar-refractivity contribution in [2.75, 3.05) is 18.6 Å². The number of aromatic amines is 1. The van der Waals surface area contributed by atoms with E-state index in [1.165, 1.54) is 19.6 Å². The van der Waals surface area contributed by atoms with Gasteiger partial charge in [-0.15, -0.1) is 0 Å². The molecule has 4 heterocycles. The highest BCUT2D eigenvalue weighted by molar-refractivity contribution is 7.66. The number of methoxy groups -OCH3 is 1. The standard InChI is InChI=1S/C44H51N6O8PSi/c1-30(2)41(51)47-43-46-40-39(42(52)48-43)45-29-49(40)38-27-37(58-60(44(3,4)5,34-18-12-8-13-19-34)35-20-14-9-15-21-35)36(57-38)23-25-59(54,33-16-10-7-11-17-33)56-28-31-26-32(55-6)22-24-50(31)53/h7-22,24,26,29-30,36-38H,23,25,27-28H2,1-6H3,(H2,46,47,48,51,52)/t36-,37+,38-,59?/m1/s1. The van der Waals surface area contributed by atoms with E-state index in [0.717, 1.165) is 10.4 Å². The topological polar surface area (TPSA) is 174 Å². The van der Waals surface area contributed by atoms with Crippen LogP contribution in [0.25, 0.3) is 11.2 Å². The number of nitrogens with zero attached hydrogens (tertiary/aromatic N) is 4. The van der Waals surface area contributed by atoms with Crippen LogP contribution in [0, 0.1) is 11.1 Å². The van der Waals surface area contributed by atoms with Crippen molar-refractivity contribution >= 4 is 54.4 Å². The number of benzene rings is 3. The van der Waals surface area contributed by atoms with Crippen molar-refractivity contribution in [2.24, 2.45) is 5.92 Å². The Morgan fingerprint density at radius 2 is 1.67 bits per heavy atom. The summed E-state index contributed by atoms with van der Waals surface area (Å²) < 4.78 is 43.8. The van der Waals surface area contributed by atoms with Crippen molar-refractivity contribution in [3.63, 3.8) is 0 Å². The largest absolute Gasteiger partial charge is 0.618 e. The van der Waals surface area contributed by atoms with Gasteiger partial charge in [0.1, 0.15) is 18.6 Å². The maximum atomic E-state index is 15.2. The first-order chi connectivity index (χ1) is 28.7. The van der Waals surface area contributed by atoms with Crippen LogP contribution in [0.3, 0.4) is 0 Å². The molecule has 314 valence electrons. The zero-order valence-electron chi connectivity index (χ0n) is 34.6. The van der Waals surface area contributed by atoms with Crippen molar-refractivity contribution < 1.29 is 32.5 Å². The number of fused-ring (bicyclic) bond motifs is 1. The lowest BCUT2D eigenvalue weighted by atomic mass is 10.1. The van der Waals surface area contributed by atoms with E-state index >= 15 is 4.57 Å². The predicted octanol–water partition coefficient (Wildman–Crippen LogP) is 5.80. The average molecular weight is 851 g/mol. The van der Waals surface area contributed by atoms with E-state index in [9.17, 15) is 14.8 Å². The molecule has 3 aromatic carbocycles. The first-order valence-electron chi connectivity index (χ1n) is 20.0. The number of hydrogen-bond donors (Lipinski definition) is 2. The molecular weight excluding hydrogens is 800 g/mol. The molecule has 4 atom stereocenters. The van der Waals surface area contributed by atoms with Gasteiger partial charge in [0.2, 0.25) is 24.9 Å². The molecule has 1 amide bonds. The molecular formula is C44H51N6O8PSi. The quantitative estimate of drug-likeness (QED) is 0.0557. The molecule has 16 heteroatoms. The monoisotopic (exact) mass is 850 g/mol. The van der Waals surface area contributed by atoms with Gasteiger partial charge in [0.15, 0.2) is 17.4 Å². The highest BCUT2D eigenvalue weighted by Gasteiger charge is 2.54. The van der Waals surface area contributed by atoms with E-state index in [0.29, 0.717) is 22.2 Å². The molecule has 0 aliphatic carbocycles. The second-order valence-electron chi connectivity index (χ2n) is 16.2. The molecule has 0 radical (unpaired) electrons. The van der Waals surface area contributed by atoms with Crippen molar-refractivity contribution in [1.29, 1.82) is 0 Å². The fourth-order valence-electron chi connectivity index (χ4n) is 7.76. The van der Waals surface area contributed by atoms with Gasteiger partial charge in [-0.2, -0.15) is 9.71 Å². The van der Waals surface area contributed by atoms with Crippen molar-refractivity contribution in [1.82, 2.24) is 19.5 Å². The third kappa shape index (κ3) is 8.72. The Morgan fingerprint density at radius 1 is 1.03 bits per heavy atom. The van der Waals surface area contributed by atoms with Gasteiger partial charge < -0.3 is 23.6 Å². The molecule has 0 spiro atoms. The third-order valence-electron chi connectivity index (χ3n) is 10.9. The van der Waals surface area contributed by atoms with Crippen LogP contribution in [0.2, 0.25) is 5.04 Å². The van der Waals surface area contributed by atoms with Crippen LogP contribution in [0.1, 0.15) is 59.4 Å². The Balaban J connectivity index is 1.29. The van der Waals surface area contributed by atoms with Crippen molar-refractivity contribution in [2.45, 2.75) is 77.5 Å². The number of pyridine rings is 1. The molecule has 0 saturated carbocycles. The van der Waals surface area contributed by atoms with Gasteiger partial charge in [-0.25, -0.2) is 4.98 Å². The molecule has 1 unspecified atom stereocenters. The number of anilines is 1. The summed E-state index contributed by atoms with van der Waals surface area (Å²) in [6.07, 6.45) is 1.60. The third-order valence-corrected chi connectivity index (χ3v) is 18.5. The molecule has 14 nitrogen and oxygen atoms in total. The van der Waals surface area contributed by atoms with Gasteiger partial charge in [0.05, 0.1) is 31.7 Å². The minimum absolute atomic E-state index is 0.000932. The number of ether oxygens (including phenoxy) is 2. The molecule has 60 heavy (non-hydrogen) atoms. The van der Waals surface area contributed by atoms with Gasteiger partial charge in [0.25, 0.3) is 13.9 Å². The summed E-state index contributed by atoms with van der Waals surface area (Å²) in [5, 5.41) is 17.8. The van der Waals surface area contributed by atoms with Crippen LogP contribution in [0.4, 0.5) is 5.95 Å². The number of amides is 1. The van der Waals surface area contributed by atoms with E-state index in [1.807, 2.05) is 42.5 Å². The summed E-state index contributed by atoms with van der Waals surface area (Å²) in [5.41, 5.74) is 0.0530. The van der Waals surface area contributed by atoms with Crippen LogP contribution in [-0.4, -0.2) is 59.2 Å². The summed E-state index contributed by atoms with van der Waals surface area (Å²) in [4.78, 5) is 37.5. The van der Waals surface area contributed by atoms with Gasteiger partial charge in [-0.3, -0.25) is 29.0 Å². The van der Waals surface area contributed by atoms with Gasteiger partial charge >= 0.3 is 0 Å². The Kier molecular flexibility index (Phi) is 12.6. The lowest BCUT2D eigenvalue weighted by Gasteiger charge is -2.45. The summed E-state index contributed by atoms with van der Waals surface area (Å²) in [6.45, 7) is 9.87. The second-order valence-corrected chi connectivity index (χ2v) is 23.1. The maximum absolute atomic E-state index is 15.2. The maximum Gasteiger partial charge on any atom is 0.280 e. The van der Waals surface area contributed by atoms with Crippen molar-refractivity contribution in [3.8, 4) is 5.75 Å². The normalized spacial score (nSPS) is 18.1. The smallest absolute Gasteiger partial charge is 0.280 e. The molecule has 2 N–H and O–H groups in total. The molecule has 1 saturated heterocycles. The minimum Gasteiger partial charge on any atom is -0.618 e. The number of aromatic nitrogens is 5. The van der Waals surface area contributed by atoms with Gasteiger partial charge in [-0.1, -0.05) is 113 Å². The summed E-state index contributed by atoms with van der Waals surface area (Å²) in [6, 6.07) is 32.7. The number of hydrogen-bond acceptors (Lipinski definition) is 10. The minimum atomic E-state index is -3.65. The van der Waals surface area contributed by atoms with Crippen LogP contribution in [0.5, 0.6) is 5.75 Å². The molecule has 7 rings (SSSR count). The fourth-order valence-corrected chi connectivity index (χ4v) is 14.6. The summed E-state index contributed by atoms with van der Waals surface area (Å²) in [7, 11) is -5.30. The molecule has 1 fully saturated rings. The molecule has 1 aliphatic heterocycles. The number of imidazole rings is 1. The van der Waals surface area contributed by atoms with E-state index in [1.54, 1.807) is 54.8 Å². The van der Waals surface area contributed by atoms with E-state index in [4.69, 9.17) is 18.4 Å². The van der Waals surface area contributed by atoms with Crippen LogP contribution >= 0.6 is 7.37 Å². The number of carbonyl (C=O) groups is 1. The first kappa shape index (κ1) is 42.7. The number of carbonyl (C=O) groups excluding carboxylic acids is 1. The molecule has 1 aliphatic rings. The van der Waals surface area contributed by atoms with E-state index in [2.05, 4.69) is 65.3 Å². The van der Waals surface area contributed by atoms with Crippen molar-refractivity contribution in [3.05, 3.63) is 137 Å². The molecule has 0 bridgehead atoms. The highest BCUT2D eigenvalue weighted by atomic mass is 31.2. The number of H-pyrrole nitrogens is 1. The fraction of sp³-hybridized carbons (Fsp3) is 0.341. The number of rotatable bonds is 15. The lowest BCUT2D eigenvalue weighted by Crippen LogP contribution is -2.68. The SMILES string of the molecule is COc1cc[n+]([O-])c(COP(=O)(CC[C@H]2O[C@@H](n3cnc4c(=O)[nH]c(NC(=O)C(C)C)nc43)C[C@@H]2O[Si](c2ccccc2)(c2ccccc2)C(C)(C)C)c2ccccc2)c1.